The van der Waals surface area contributed by atoms with E-state index in [2.05, 4.69) is 22.5 Å². The summed E-state index contributed by atoms with van der Waals surface area (Å²) < 4.78 is 1.39. The molecular formula is C11H17N5O2. The lowest BCUT2D eigenvalue weighted by Gasteiger charge is -2.15. The number of unbranched alkanes of at least 4 members (excludes halogenated alkanes) is 1. The third kappa shape index (κ3) is 2.85. The van der Waals surface area contributed by atoms with Crippen LogP contribution in [0.2, 0.25) is 0 Å². The molecule has 2 amide bonds. The molecule has 0 saturated carbocycles. The highest BCUT2D eigenvalue weighted by Gasteiger charge is 2.33. The topological polar surface area (TPSA) is 80.1 Å². The largest absolute Gasteiger partial charge is 0.342 e. The van der Waals surface area contributed by atoms with Crippen LogP contribution < -0.4 is 5.43 Å². The Morgan fingerprint density at radius 1 is 1.50 bits per heavy atom. The summed E-state index contributed by atoms with van der Waals surface area (Å²) in [4.78, 5) is 25.4. The summed E-state index contributed by atoms with van der Waals surface area (Å²) in [6.45, 7) is 3.33. The molecule has 7 heteroatoms. The summed E-state index contributed by atoms with van der Waals surface area (Å²) in [5.41, 5.74) is 2.63. The van der Waals surface area contributed by atoms with Crippen LogP contribution in [0.4, 0.5) is 0 Å². The van der Waals surface area contributed by atoms with E-state index in [1.165, 1.54) is 17.3 Å². The lowest BCUT2D eigenvalue weighted by Crippen LogP contribution is -2.31. The van der Waals surface area contributed by atoms with Crippen LogP contribution in [0.15, 0.2) is 12.7 Å². The number of likely N-dealkylation sites (tertiary alicyclic amines) is 1. The van der Waals surface area contributed by atoms with E-state index in [1.807, 2.05) is 0 Å². The van der Waals surface area contributed by atoms with E-state index in [9.17, 15) is 9.59 Å². The lowest BCUT2D eigenvalue weighted by molar-refractivity contribution is -0.128. The molecule has 0 aliphatic carbocycles. The fraction of sp³-hybridized carbons (Fsp3) is 0.636. The molecule has 1 aliphatic heterocycles. The molecule has 1 N–H and O–H groups in total. The van der Waals surface area contributed by atoms with Crippen molar-refractivity contribution in [1.82, 2.24) is 19.8 Å². The van der Waals surface area contributed by atoms with Crippen molar-refractivity contribution in [3.63, 3.8) is 0 Å². The number of hydrogen-bond acceptors (Lipinski definition) is 4. The number of rotatable bonds is 5. The lowest BCUT2D eigenvalue weighted by atomic mass is 10.1. The predicted molar refractivity (Wildman–Crippen MR) is 64.0 cm³/mol. The van der Waals surface area contributed by atoms with E-state index >= 15 is 0 Å². The Balaban J connectivity index is 1.87. The number of amides is 2. The van der Waals surface area contributed by atoms with Crippen molar-refractivity contribution < 1.29 is 9.59 Å². The second kappa shape index (κ2) is 5.61. The molecule has 0 aromatic carbocycles. The van der Waals surface area contributed by atoms with Gasteiger partial charge in [-0.2, -0.15) is 0 Å². The molecular weight excluding hydrogens is 234 g/mol. The second-order valence-electron chi connectivity index (χ2n) is 4.44. The Labute approximate surface area is 105 Å². The molecule has 1 aliphatic rings. The van der Waals surface area contributed by atoms with Crippen LogP contribution in [0.3, 0.4) is 0 Å². The third-order valence-electron chi connectivity index (χ3n) is 3.02. The van der Waals surface area contributed by atoms with Crippen molar-refractivity contribution in [1.29, 1.82) is 0 Å². The molecule has 1 fully saturated rings. The molecule has 2 rings (SSSR count). The molecule has 0 spiro atoms. The Morgan fingerprint density at radius 2 is 2.22 bits per heavy atom. The van der Waals surface area contributed by atoms with Crippen LogP contribution in [0, 0.1) is 5.92 Å². The number of carbonyl (C=O) groups excluding carboxylic acids is 2. The van der Waals surface area contributed by atoms with E-state index in [4.69, 9.17) is 0 Å². The maximum absolute atomic E-state index is 11.9. The van der Waals surface area contributed by atoms with Gasteiger partial charge in [-0.3, -0.25) is 15.0 Å². The minimum absolute atomic E-state index is 0.0624. The number of carbonyl (C=O) groups is 2. The van der Waals surface area contributed by atoms with E-state index in [1.54, 1.807) is 4.90 Å². The second-order valence-corrected chi connectivity index (χ2v) is 4.44. The molecule has 1 saturated heterocycles. The van der Waals surface area contributed by atoms with Crippen LogP contribution in [0.1, 0.15) is 26.2 Å². The molecule has 98 valence electrons. The van der Waals surface area contributed by atoms with Gasteiger partial charge in [0.15, 0.2) is 0 Å². The molecule has 0 unspecified atom stereocenters. The fourth-order valence-electron chi connectivity index (χ4n) is 1.99. The van der Waals surface area contributed by atoms with E-state index in [0.717, 1.165) is 19.4 Å². The van der Waals surface area contributed by atoms with Crippen molar-refractivity contribution in [3.8, 4) is 0 Å². The first kappa shape index (κ1) is 12.5. The quantitative estimate of drug-likeness (QED) is 0.798. The number of nitrogens with zero attached hydrogens (tertiary/aromatic N) is 4. The van der Waals surface area contributed by atoms with Crippen molar-refractivity contribution >= 4 is 11.8 Å². The van der Waals surface area contributed by atoms with Crippen LogP contribution >= 0.6 is 0 Å². The van der Waals surface area contributed by atoms with Gasteiger partial charge in [0, 0.05) is 19.5 Å². The molecule has 1 atom stereocenters. The first-order chi connectivity index (χ1) is 8.70. The molecule has 1 aromatic rings. The standard InChI is InChI=1S/C11H17N5O2/c1-2-3-4-15-6-9(5-10(15)17)11(18)14-16-7-12-13-8-16/h7-9H,2-6H2,1H3,(H,14,18)/t9-/m1/s1. The van der Waals surface area contributed by atoms with Gasteiger partial charge >= 0.3 is 0 Å². The molecule has 7 nitrogen and oxygen atoms in total. The van der Waals surface area contributed by atoms with E-state index in [-0.39, 0.29) is 24.2 Å². The first-order valence-corrected chi connectivity index (χ1v) is 6.14. The van der Waals surface area contributed by atoms with Crippen LogP contribution in [-0.2, 0) is 9.59 Å². The highest BCUT2D eigenvalue weighted by molar-refractivity contribution is 5.93. The Hall–Kier alpha value is -1.92. The van der Waals surface area contributed by atoms with Gasteiger partial charge in [0.1, 0.15) is 12.7 Å². The summed E-state index contributed by atoms with van der Waals surface area (Å²) in [6.07, 6.45) is 5.12. The summed E-state index contributed by atoms with van der Waals surface area (Å²) in [5.74, 6) is -0.383. The van der Waals surface area contributed by atoms with Crippen molar-refractivity contribution in [3.05, 3.63) is 12.7 Å². The molecule has 18 heavy (non-hydrogen) atoms. The van der Waals surface area contributed by atoms with Crippen LogP contribution in [0.5, 0.6) is 0 Å². The summed E-state index contributed by atoms with van der Waals surface area (Å²) in [7, 11) is 0. The Kier molecular flexibility index (Phi) is 3.91. The minimum atomic E-state index is -0.281. The number of nitrogens with one attached hydrogen (secondary N) is 1. The molecule has 2 heterocycles. The zero-order valence-corrected chi connectivity index (χ0v) is 10.4. The van der Waals surface area contributed by atoms with Crippen LogP contribution in [0.25, 0.3) is 0 Å². The zero-order valence-electron chi connectivity index (χ0n) is 10.4. The molecule has 0 radical (unpaired) electrons. The van der Waals surface area contributed by atoms with Gasteiger partial charge in [-0.1, -0.05) is 13.3 Å². The summed E-state index contributed by atoms with van der Waals surface area (Å²) in [6, 6.07) is 0. The van der Waals surface area contributed by atoms with Gasteiger partial charge in [0.2, 0.25) is 11.8 Å². The van der Waals surface area contributed by atoms with Gasteiger partial charge in [0.25, 0.3) is 0 Å². The average molecular weight is 251 g/mol. The number of hydrogen-bond donors (Lipinski definition) is 1. The first-order valence-electron chi connectivity index (χ1n) is 6.14. The predicted octanol–water partition coefficient (Wildman–Crippen LogP) is -0.00320. The van der Waals surface area contributed by atoms with Crippen molar-refractivity contribution in [2.24, 2.45) is 5.92 Å². The molecule has 1 aromatic heterocycles. The maximum Gasteiger partial charge on any atom is 0.244 e. The minimum Gasteiger partial charge on any atom is -0.342 e. The van der Waals surface area contributed by atoms with E-state index < -0.39 is 0 Å². The highest BCUT2D eigenvalue weighted by Crippen LogP contribution is 2.18. The Bertz CT molecular complexity index is 417. The normalized spacial score (nSPS) is 19.3. The average Bonchev–Trinajstić information content (AvgIpc) is 2.96. The van der Waals surface area contributed by atoms with Gasteiger partial charge in [-0.15, -0.1) is 10.2 Å². The SMILES string of the molecule is CCCCN1C[C@H](C(=O)Nn2cnnc2)CC1=O. The molecule has 0 bridgehead atoms. The highest BCUT2D eigenvalue weighted by atomic mass is 16.2. The fourth-order valence-corrected chi connectivity index (χ4v) is 1.99. The zero-order chi connectivity index (χ0) is 13.0. The summed E-state index contributed by atoms with van der Waals surface area (Å²) in [5, 5.41) is 7.19. The van der Waals surface area contributed by atoms with Gasteiger partial charge < -0.3 is 4.90 Å². The monoisotopic (exact) mass is 251 g/mol. The van der Waals surface area contributed by atoms with Crippen LogP contribution in [-0.4, -0.2) is 44.7 Å². The third-order valence-corrected chi connectivity index (χ3v) is 3.02. The van der Waals surface area contributed by atoms with Crippen molar-refractivity contribution in [2.75, 3.05) is 18.5 Å². The van der Waals surface area contributed by atoms with E-state index in [0.29, 0.717) is 6.54 Å². The Morgan fingerprint density at radius 3 is 2.89 bits per heavy atom. The maximum atomic E-state index is 11.9. The van der Waals surface area contributed by atoms with Gasteiger partial charge in [-0.25, -0.2) is 4.68 Å². The summed E-state index contributed by atoms with van der Waals surface area (Å²) >= 11 is 0. The van der Waals surface area contributed by atoms with Gasteiger partial charge in [-0.05, 0) is 6.42 Å². The number of aromatic nitrogens is 3. The van der Waals surface area contributed by atoms with Gasteiger partial charge in [0.05, 0.1) is 5.92 Å². The smallest absolute Gasteiger partial charge is 0.244 e. The van der Waals surface area contributed by atoms with Crippen molar-refractivity contribution in [2.45, 2.75) is 26.2 Å².